The molecule has 1 aromatic heterocycles. The van der Waals surface area contributed by atoms with Gasteiger partial charge in [0.05, 0.1) is 41.2 Å². The van der Waals surface area contributed by atoms with Crippen LogP contribution in [0.2, 0.25) is 0 Å². The number of carbonyl (C=O) groups is 1. The normalized spacial score (nSPS) is 16.1. The molecule has 200 valence electrons. The Bertz CT molecular complexity index is 1530. The van der Waals surface area contributed by atoms with Gasteiger partial charge in [-0.15, -0.1) is 0 Å². The average Bonchev–Trinajstić information content (AvgIpc) is 3.19. The first kappa shape index (κ1) is 27.4. The quantitative estimate of drug-likeness (QED) is 0.373. The summed E-state index contributed by atoms with van der Waals surface area (Å²) >= 11 is 1.30. The molecule has 2 aromatic carbocycles. The number of nitrogens with zero attached hydrogens (tertiary/aromatic N) is 2. The van der Waals surface area contributed by atoms with Gasteiger partial charge in [0, 0.05) is 0 Å². The van der Waals surface area contributed by atoms with Crippen LogP contribution < -0.4 is 24.4 Å². The Morgan fingerprint density at radius 1 is 1.08 bits per heavy atom. The molecule has 8 heteroatoms. The van der Waals surface area contributed by atoms with Crippen LogP contribution in [0.3, 0.4) is 0 Å². The van der Waals surface area contributed by atoms with E-state index in [-0.39, 0.29) is 18.3 Å². The number of aromatic nitrogens is 1. The van der Waals surface area contributed by atoms with Gasteiger partial charge in [0.2, 0.25) is 0 Å². The summed E-state index contributed by atoms with van der Waals surface area (Å²) in [6.45, 7) is 12.3. The predicted octanol–water partition coefficient (Wildman–Crippen LogP) is 4.68. The molecule has 7 nitrogen and oxygen atoms in total. The molecule has 38 heavy (non-hydrogen) atoms. The van der Waals surface area contributed by atoms with Crippen molar-refractivity contribution in [1.82, 2.24) is 4.57 Å². The van der Waals surface area contributed by atoms with Crippen LogP contribution in [0.1, 0.15) is 63.8 Å². The Labute approximate surface area is 226 Å². The molecule has 0 bridgehead atoms. The first-order chi connectivity index (χ1) is 18.3. The number of allylic oxidation sites excluding steroid dienone is 1. The lowest BCUT2D eigenvalue weighted by Gasteiger charge is -2.24. The summed E-state index contributed by atoms with van der Waals surface area (Å²) in [6.07, 6.45) is 2.76. The first-order valence-electron chi connectivity index (χ1n) is 13.0. The van der Waals surface area contributed by atoms with Gasteiger partial charge in [0.25, 0.3) is 5.56 Å². The first-order valence-corrected chi connectivity index (χ1v) is 13.8. The molecule has 0 aliphatic carbocycles. The van der Waals surface area contributed by atoms with E-state index in [9.17, 15) is 9.59 Å². The van der Waals surface area contributed by atoms with E-state index < -0.39 is 12.0 Å². The minimum absolute atomic E-state index is 0.0577. The third-order valence-corrected chi connectivity index (χ3v) is 7.36. The molecular weight excluding hydrogens is 500 g/mol. The van der Waals surface area contributed by atoms with Crippen LogP contribution in [0, 0.1) is 6.92 Å². The standard InChI is InChI=1S/C30H34N2O5S/c1-7-19(5)37-23-15-12-21(16-24(23)35-8-2)17-25-28(33)32-27(22-13-10-18(4)11-14-22)26(29(34)36-9-3)20(6)31-30(32)38-25/h10-17,19,27H,7-9H2,1-6H3/b25-17+/t19-,27+/m0/s1. The highest BCUT2D eigenvalue weighted by Gasteiger charge is 2.33. The third kappa shape index (κ3) is 5.60. The summed E-state index contributed by atoms with van der Waals surface area (Å²) in [7, 11) is 0. The molecule has 0 saturated carbocycles. The monoisotopic (exact) mass is 534 g/mol. The van der Waals surface area contributed by atoms with Crippen molar-refractivity contribution in [3.8, 4) is 11.5 Å². The molecule has 0 fully saturated rings. The molecule has 0 radical (unpaired) electrons. The maximum absolute atomic E-state index is 13.8. The fourth-order valence-corrected chi connectivity index (χ4v) is 5.33. The SMILES string of the molecule is CCOC(=O)C1=C(C)N=c2s/c(=C/c3ccc(O[C@@H](C)CC)c(OCC)c3)c(=O)n2[C@@H]1c1ccc(C)cc1. The zero-order valence-corrected chi connectivity index (χ0v) is 23.6. The van der Waals surface area contributed by atoms with E-state index in [1.54, 1.807) is 18.4 Å². The number of carbonyl (C=O) groups excluding carboxylic acids is 1. The number of hydrogen-bond acceptors (Lipinski definition) is 7. The summed E-state index contributed by atoms with van der Waals surface area (Å²) in [5, 5.41) is 0. The number of aryl methyl sites for hydroxylation is 1. The number of rotatable bonds is 9. The minimum Gasteiger partial charge on any atom is -0.490 e. The lowest BCUT2D eigenvalue weighted by Crippen LogP contribution is -2.39. The number of ether oxygens (including phenoxy) is 3. The van der Waals surface area contributed by atoms with Crippen LogP contribution in [-0.4, -0.2) is 29.9 Å². The maximum atomic E-state index is 13.8. The lowest BCUT2D eigenvalue weighted by atomic mass is 9.95. The topological polar surface area (TPSA) is 79.1 Å². The molecule has 0 N–H and O–H groups in total. The highest BCUT2D eigenvalue weighted by Crippen LogP contribution is 2.32. The highest BCUT2D eigenvalue weighted by molar-refractivity contribution is 7.07. The van der Waals surface area contributed by atoms with Gasteiger partial charge in [0.1, 0.15) is 0 Å². The van der Waals surface area contributed by atoms with Crippen LogP contribution in [0.15, 0.2) is 63.5 Å². The van der Waals surface area contributed by atoms with Gasteiger partial charge in [-0.25, -0.2) is 9.79 Å². The Morgan fingerprint density at radius 2 is 1.82 bits per heavy atom. The van der Waals surface area contributed by atoms with Crippen LogP contribution in [-0.2, 0) is 9.53 Å². The molecule has 0 unspecified atom stereocenters. The van der Waals surface area contributed by atoms with E-state index in [0.29, 0.717) is 38.7 Å². The summed E-state index contributed by atoms with van der Waals surface area (Å²) in [6, 6.07) is 12.9. The molecule has 3 aromatic rings. The molecule has 4 rings (SSSR count). The Hall–Kier alpha value is -3.65. The zero-order chi connectivity index (χ0) is 27.4. The smallest absolute Gasteiger partial charge is 0.338 e. The average molecular weight is 535 g/mol. The van der Waals surface area contributed by atoms with Crippen molar-refractivity contribution in [3.63, 3.8) is 0 Å². The van der Waals surface area contributed by atoms with Gasteiger partial charge >= 0.3 is 5.97 Å². The summed E-state index contributed by atoms with van der Waals surface area (Å²) < 4.78 is 19.3. The molecule has 1 aliphatic rings. The fraction of sp³-hybridized carbons (Fsp3) is 0.367. The molecule has 0 spiro atoms. The van der Waals surface area contributed by atoms with Gasteiger partial charge in [-0.1, -0.05) is 54.2 Å². The Kier molecular flexibility index (Phi) is 8.52. The largest absolute Gasteiger partial charge is 0.490 e. The van der Waals surface area contributed by atoms with Gasteiger partial charge in [-0.3, -0.25) is 9.36 Å². The second kappa shape index (κ2) is 11.8. The molecular formula is C30H34N2O5S. The number of hydrogen-bond donors (Lipinski definition) is 0. The van der Waals surface area contributed by atoms with Crippen molar-refractivity contribution in [2.24, 2.45) is 4.99 Å². The number of thiazole rings is 1. The second-order valence-corrected chi connectivity index (χ2v) is 10.2. The zero-order valence-electron chi connectivity index (χ0n) is 22.7. The number of benzene rings is 2. The summed E-state index contributed by atoms with van der Waals surface area (Å²) in [5.74, 6) is 0.841. The van der Waals surface area contributed by atoms with E-state index in [1.807, 2.05) is 69.3 Å². The van der Waals surface area contributed by atoms with Crippen molar-refractivity contribution in [3.05, 3.63) is 90.1 Å². The van der Waals surface area contributed by atoms with Crippen molar-refractivity contribution >= 4 is 23.4 Å². The molecule has 0 amide bonds. The van der Waals surface area contributed by atoms with Crippen molar-refractivity contribution < 1.29 is 19.0 Å². The van der Waals surface area contributed by atoms with Crippen LogP contribution in [0.4, 0.5) is 0 Å². The minimum atomic E-state index is -0.627. The van der Waals surface area contributed by atoms with Gasteiger partial charge in [0.15, 0.2) is 16.3 Å². The van der Waals surface area contributed by atoms with E-state index in [2.05, 4.69) is 11.9 Å². The van der Waals surface area contributed by atoms with Crippen molar-refractivity contribution in [1.29, 1.82) is 0 Å². The van der Waals surface area contributed by atoms with Crippen molar-refractivity contribution in [2.45, 2.75) is 60.1 Å². The second-order valence-electron chi connectivity index (χ2n) is 9.19. The lowest BCUT2D eigenvalue weighted by molar-refractivity contribution is -0.139. The van der Waals surface area contributed by atoms with Gasteiger partial charge in [-0.2, -0.15) is 0 Å². The van der Waals surface area contributed by atoms with Crippen LogP contribution in [0.5, 0.6) is 11.5 Å². The molecule has 2 heterocycles. The number of fused-ring (bicyclic) bond motifs is 1. The van der Waals surface area contributed by atoms with Gasteiger partial charge in [-0.05, 0) is 70.4 Å². The van der Waals surface area contributed by atoms with E-state index in [4.69, 9.17) is 14.2 Å². The predicted molar refractivity (Wildman–Crippen MR) is 150 cm³/mol. The fourth-order valence-electron chi connectivity index (χ4n) is 4.29. The van der Waals surface area contributed by atoms with Crippen LogP contribution in [0.25, 0.3) is 6.08 Å². The molecule has 2 atom stereocenters. The third-order valence-electron chi connectivity index (χ3n) is 6.38. The Morgan fingerprint density at radius 3 is 2.47 bits per heavy atom. The summed E-state index contributed by atoms with van der Waals surface area (Å²) in [5.41, 5.74) is 3.43. The molecule has 1 aliphatic heterocycles. The highest BCUT2D eigenvalue weighted by atomic mass is 32.1. The van der Waals surface area contributed by atoms with E-state index in [0.717, 1.165) is 23.1 Å². The van der Waals surface area contributed by atoms with E-state index >= 15 is 0 Å². The molecule has 0 saturated heterocycles. The number of esters is 1. The van der Waals surface area contributed by atoms with Crippen LogP contribution >= 0.6 is 11.3 Å². The maximum Gasteiger partial charge on any atom is 0.338 e. The summed E-state index contributed by atoms with van der Waals surface area (Å²) in [4.78, 5) is 32.0. The van der Waals surface area contributed by atoms with E-state index in [1.165, 1.54) is 11.3 Å². The van der Waals surface area contributed by atoms with Crippen molar-refractivity contribution in [2.75, 3.05) is 13.2 Å². The Balaban J connectivity index is 1.85. The van der Waals surface area contributed by atoms with Gasteiger partial charge < -0.3 is 14.2 Å².